The largest absolute Gasteiger partial charge is 0.381 e. The zero-order valence-corrected chi connectivity index (χ0v) is 10.8. The Morgan fingerprint density at radius 2 is 1.72 bits per heavy atom. The SMILES string of the molecule is Fc1ccc(CNc2ccc(F)c(Br)c2)c(F)c1. The Balaban J connectivity index is 2.09. The lowest BCUT2D eigenvalue weighted by atomic mass is 10.2. The minimum absolute atomic E-state index is 0.199. The molecule has 0 heterocycles. The van der Waals surface area contributed by atoms with E-state index < -0.39 is 11.6 Å². The van der Waals surface area contributed by atoms with Gasteiger partial charge in [-0.1, -0.05) is 6.07 Å². The molecule has 0 saturated heterocycles. The highest BCUT2D eigenvalue weighted by Gasteiger charge is 2.04. The summed E-state index contributed by atoms with van der Waals surface area (Å²) in [4.78, 5) is 0. The van der Waals surface area contributed by atoms with Crippen molar-refractivity contribution in [3.63, 3.8) is 0 Å². The van der Waals surface area contributed by atoms with Gasteiger partial charge in [-0.15, -0.1) is 0 Å². The normalized spacial score (nSPS) is 10.4. The molecule has 0 aromatic heterocycles. The molecule has 0 aliphatic heterocycles. The van der Waals surface area contributed by atoms with E-state index in [1.165, 1.54) is 18.2 Å². The summed E-state index contributed by atoms with van der Waals surface area (Å²) in [5.74, 6) is -1.59. The van der Waals surface area contributed by atoms with E-state index in [2.05, 4.69) is 21.2 Å². The van der Waals surface area contributed by atoms with Gasteiger partial charge in [0, 0.05) is 23.9 Å². The van der Waals surface area contributed by atoms with Crippen molar-refractivity contribution < 1.29 is 13.2 Å². The van der Waals surface area contributed by atoms with Gasteiger partial charge in [0.1, 0.15) is 17.5 Å². The molecule has 0 aliphatic rings. The van der Waals surface area contributed by atoms with E-state index in [-0.39, 0.29) is 12.4 Å². The molecule has 2 aromatic carbocycles. The molecule has 2 aromatic rings. The van der Waals surface area contributed by atoms with E-state index >= 15 is 0 Å². The fraction of sp³-hybridized carbons (Fsp3) is 0.0769. The molecule has 0 aliphatic carbocycles. The molecule has 0 saturated carbocycles. The van der Waals surface area contributed by atoms with Gasteiger partial charge in [-0.3, -0.25) is 0 Å². The van der Waals surface area contributed by atoms with Crippen LogP contribution < -0.4 is 5.32 Å². The van der Waals surface area contributed by atoms with Gasteiger partial charge in [-0.05, 0) is 40.2 Å². The average molecular weight is 316 g/mol. The first-order valence-corrected chi connectivity index (χ1v) is 5.98. The van der Waals surface area contributed by atoms with Crippen LogP contribution in [0.15, 0.2) is 40.9 Å². The van der Waals surface area contributed by atoms with Gasteiger partial charge in [-0.2, -0.15) is 0 Å². The Kier molecular flexibility index (Phi) is 3.91. The summed E-state index contributed by atoms with van der Waals surface area (Å²) in [5, 5.41) is 2.93. The first kappa shape index (κ1) is 13.0. The van der Waals surface area contributed by atoms with Gasteiger partial charge in [0.25, 0.3) is 0 Å². The lowest BCUT2D eigenvalue weighted by Gasteiger charge is -2.08. The molecule has 0 fully saturated rings. The Morgan fingerprint density at radius 3 is 2.39 bits per heavy atom. The molecule has 18 heavy (non-hydrogen) atoms. The molecular weight excluding hydrogens is 307 g/mol. The third-order valence-corrected chi connectivity index (χ3v) is 3.03. The molecule has 1 nitrogen and oxygen atoms in total. The van der Waals surface area contributed by atoms with Gasteiger partial charge in [-0.25, -0.2) is 13.2 Å². The van der Waals surface area contributed by atoms with E-state index in [4.69, 9.17) is 0 Å². The molecule has 1 N–H and O–H groups in total. The number of benzene rings is 2. The average Bonchev–Trinajstić information content (AvgIpc) is 2.32. The molecule has 0 amide bonds. The summed E-state index contributed by atoms with van der Waals surface area (Å²) in [5.41, 5.74) is 0.990. The maximum absolute atomic E-state index is 13.3. The van der Waals surface area contributed by atoms with Crippen LogP contribution in [0, 0.1) is 17.5 Å². The molecule has 94 valence electrons. The second-order valence-electron chi connectivity index (χ2n) is 3.72. The summed E-state index contributed by atoms with van der Waals surface area (Å²) in [6, 6.07) is 7.79. The van der Waals surface area contributed by atoms with Crippen molar-refractivity contribution in [3.8, 4) is 0 Å². The first-order valence-electron chi connectivity index (χ1n) is 5.19. The molecule has 0 atom stereocenters. The van der Waals surface area contributed by atoms with Crippen molar-refractivity contribution in [1.29, 1.82) is 0 Å². The topological polar surface area (TPSA) is 12.0 Å². The van der Waals surface area contributed by atoms with Gasteiger partial charge >= 0.3 is 0 Å². The molecule has 2 rings (SSSR count). The van der Waals surface area contributed by atoms with Crippen LogP contribution in [0.4, 0.5) is 18.9 Å². The third-order valence-electron chi connectivity index (χ3n) is 2.42. The second kappa shape index (κ2) is 5.44. The number of hydrogen-bond acceptors (Lipinski definition) is 1. The zero-order valence-electron chi connectivity index (χ0n) is 9.18. The van der Waals surface area contributed by atoms with Gasteiger partial charge < -0.3 is 5.32 Å². The van der Waals surface area contributed by atoms with E-state index in [1.807, 2.05) is 0 Å². The Bertz CT molecular complexity index is 572. The van der Waals surface area contributed by atoms with Gasteiger partial charge in [0.15, 0.2) is 0 Å². The van der Waals surface area contributed by atoms with Crippen molar-refractivity contribution in [3.05, 3.63) is 63.9 Å². The zero-order chi connectivity index (χ0) is 13.1. The smallest absolute Gasteiger partial charge is 0.137 e. The summed E-state index contributed by atoms with van der Waals surface area (Å²) in [7, 11) is 0. The molecular formula is C13H9BrF3N. The lowest BCUT2D eigenvalue weighted by Crippen LogP contribution is -2.02. The van der Waals surface area contributed by atoms with Crippen LogP contribution in [0.5, 0.6) is 0 Å². The predicted octanol–water partition coefficient (Wildman–Crippen LogP) is 4.48. The predicted molar refractivity (Wildman–Crippen MR) is 67.8 cm³/mol. The highest BCUT2D eigenvalue weighted by atomic mass is 79.9. The summed E-state index contributed by atoms with van der Waals surface area (Å²) >= 11 is 3.06. The quantitative estimate of drug-likeness (QED) is 0.880. The van der Waals surface area contributed by atoms with Crippen molar-refractivity contribution >= 4 is 21.6 Å². The van der Waals surface area contributed by atoms with Crippen LogP contribution in [0.3, 0.4) is 0 Å². The summed E-state index contributed by atoms with van der Waals surface area (Å²) in [6.07, 6.45) is 0. The van der Waals surface area contributed by atoms with E-state index in [9.17, 15) is 13.2 Å². The van der Waals surface area contributed by atoms with Crippen LogP contribution in [0.1, 0.15) is 5.56 Å². The number of hydrogen-bond donors (Lipinski definition) is 1. The van der Waals surface area contributed by atoms with Gasteiger partial charge in [0.2, 0.25) is 0 Å². The minimum atomic E-state index is -0.610. The molecule has 5 heteroatoms. The summed E-state index contributed by atoms with van der Waals surface area (Å²) in [6.45, 7) is 0.199. The second-order valence-corrected chi connectivity index (χ2v) is 4.57. The Morgan fingerprint density at radius 1 is 0.944 bits per heavy atom. The fourth-order valence-electron chi connectivity index (χ4n) is 1.47. The van der Waals surface area contributed by atoms with Crippen LogP contribution in [0.2, 0.25) is 0 Å². The molecule has 0 spiro atoms. The van der Waals surface area contributed by atoms with Crippen molar-refractivity contribution in [2.45, 2.75) is 6.54 Å². The minimum Gasteiger partial charge on any atom is -0.381 e. The number of rotatable bonds is 3. The molecule has 0 unspecified atom stereocenters. The lowest BCUT2D eigenvalue weighted by molar-refractivity contribution is 0.574. The van der Waals surface area contributed by atoms with E-state index in [0.29, 0.717) is 15.7 Å². The van der Waals surface area contributed by atoms with Crippen molar-refractivity contribution in [2.24, 2.45) is 0 Å². The number of anilines is 1. The van der Waals surface area contributed by atoms with Crippen molar-refractivity contribution in [1.82, 2.24) is 0 Å². The van der Waals surface area contributed by atoms with E-state index in [0.717, 1.165) is 6.07 Å². The van der Waals surface area contributed by atoms with Crippen LogP contribution in [0.25, 0.3) is 0 Å². The van der Waals surface area contributed by atoms with E-state index in [1.54, 1.807) is 12.1 Å². The Hall–Kier alpha value is -1.49. The van der Waals surface area contributed by atoms with Crippen molar-refractivity contribution in [2.75, 3.05) is 5.32 Å². The molecule has 0 radical (unpaired) electrons. The third kappa shape index (κ3) is 3.04. The number of halogens is 4. The first-order chi connectivity index (χ1) is 8.56. The Labute approximate surface area is 111 Å². The maximum Gasteiger partial charge on any atom is 0.137 e. The highest BCUT2D eigenvalue weighted by Crippen LogP contribution is 2.21. The van der Waals surface area contributed by atoms with Crippen LogP contribution in [-0.4, -0.2) is 0 Å². The summed E-state index contributed by atoms with van der Waals surface area (Å²) < 4.78 is 39.4. The maximum atomic E-state index is 13.3. The van der Waals surface area contributed by atoms with Gasteiger partial charge in [0.05, 0.1) is 4.47 Å². The molecule has 0 bridgehead atoms. The standard InChI is InChI=1S/C13H9BrF3N/c14-11-6-10(3-4-12(11)16)18-7-8-1-2-9(15)5-13(8)17/h1-6,18H,7H2. The fourth-order valence-corrected chi connectivity index (χ4v) is 1.85. The highest BCUT2D eigenvalue weighted by molar-refractivity contribution is 9.10. The number of nitrogens with one attached hydrogen (secondary N) is 1. The van der Waals surface area contributed by atoms with Crippen LogP contribution >= 0.6 is 15.9 Å². The monoisotopic (exact) mass is 315 g/mol. The van der Waals surface area contributed by atoms with Crippen LogP contribution in [-0.2, 0) is 6.54 Å².